The van der Waals surface area contributed by atoms with Crippen LogP contribution in [0.1, 0.15) is 5.69 Å². The maximum Gasteiger partial charge on any atom is 0.433 e. The number of halogens is 3. The predicted molar refractivity (Wildman–Crippen MR) is 83.4 cm³/mol. The van der Waals surface area contributed by atoms with Gasteiger partial charge in [0.1, 0.15) is 5.82 Å². The number of nitrogens with zero attached hydrogens (tertiary/aromatic N) is 3. The van der Waals surface area contributed by atoms with Crippen molar-refractivity contribution in [2.45, 2.75) is 11.4 Å². The third kappa shape index (κ3) is 4.84. The molecule has 2 heterocycles. The zero-order chi connectivity index (χ0) is 15.5. The quantitative estimate of drug-likeness (QED) is 0.910. The van der Waals surface area contributed by atoms with Crippen LogP contribution >= 0.6 is 23.5 Å². The monoisotopic (exact) mass is 338 g/mol. The van der Waals surface area contributed by atoms with E-state index >= 15 is 0 Å². The molecule has 1 aromatic rings. The third-order valence-corrected chi connectivity index (χ3v) is 5.68. The molecule has 1 aromatic heterocycles. The van der Waals surface area contributed by atoms with Crippen LogP contribution in [-0.4, -0.2) is 53.1 Å². The fourth-order valence-corrected chi connectivity index (χ4v) is 4.36. The lowest BCUT2D eigenvalue weighted by Crippen LogP contribution is -2.25. The largest absolute Gasteiger partial charge is 0.433 e. The van der Waals surface area contributed by atoms with Crippen molar-refractivity contribution in [3.05, 3.63) is 11.8 Å². The van der Waals surface area contributed by atoms with E-state index in [0.29, 0.717) is 11.8 Å². The maximum absolute atomic E-state index is 12.9. The van der Waals surface area contributed by atoms with Crippen LogP contribution in [0.15, 0.2) is 6.07 Å². The van der Waals surface area contributed by atoms with Gasteiger partial charge in [0.05, 0.1) is 0 Å². The highest BCUT2D eigenvalue weighted by Crippen LogP contribution is 2.30. The number of hydrogen-bond donors (Lipinski definition) is 1. The normalized spacial score (nSPS) is 19.4. The molecule has 0 spiro atoms. The molecule has 1 atom stereocenters. The van der Waals surface area contributed by atoms with Crippen molar-refractivity contribution in [3.8, 4) is 0 Å². The van der Waals surface area contributed by atoms with Gasteiger partial charge in [0.15, 0.2) is 5.69 Å². The van der Waals surface area contributed by atoms with Gasteiger partial charge in [0.25, 0.3) is 0 Å². The molecule has 0 amide bonds. The summed E-state index contributed by atoms with van der Waals surface area (Å²) in [6.45, 7) is 0.575. The molecule has 9 heteroatoms. The van der Waals surface area contributed by atoms with Crippen LogP contribution in [0.25, 0.3) is 0 Å². The molecule has 0 radical (unpaired) electrons. The predicted octanol–water partition coefficient (Wildman–Crippen LogP) is 2.82. The standard InChI is InChI=1S/C12H17F3N4S2/c1-19(2)10-5-9(12(13,14)15)17-11(18-10)16-6-8-7-20-3-4-21-8/h5,8H,3-4,6-7H2,1-2H3,(H,16,17,18). The zero-order valence-corrected chi connectivity index (χ0v) is 13.4. The van der Waals surface area contributed by atoms with Gasteiger partial charge < -0.3 is 10.2 Å². The van der Waals surface area contributed by atoms with Gasteiger partial charge in [-0.2, -0.15) is 41.7 Å². The Kier molecular flexibility index (Phi) is 5.48. The Morgan fingerprint density at radius 3 is 2.67 bits per heavy atom. The van der Waals surface area contributed by atoms with E-state index < -0.39 is 11.9 Å². The third-order valence-electron chi connectivity index (χ3n) is 2.83. The van der Waals surface area contributed by atoms with E-state index in [1.807, 2.05) is 23.5 Å². The van der Waals surface area contributed by atoms with Gasteiger partial charge in [0.2, 0.25) is 5.95 Å². The minimum atomic E-state index is -4.47. The SMILES string of the molecule is CN(C)c1cc(C(F)(F)F)nc(NCC2CSCCS2)n1. The van der Waals surface area contributed by atoms with Gasteiger partial charge in [0, 0.05) is 49.2 Å². The van der Waals surface area contributed by atoms with Crippen LogP contribution in [-0.2, 0) is 6.18 Å². The summed E-state index contributed by atoms with van der Waals surface area (Å²) in [6.07, 6.45) is -4.47. The van der Waals surface area contributed by atoms with E-state index in [1.165, 1.54) is 4.90 Å². The zero-order valence-electron chi connectivity index (χ0n) is 11.8. The summed E-state index contributed by atoms with van der Waals surface area (Å²) in [7, 11) is 3.31. The highest BCUT2D eigenvalue weighted by atomic mass is 32.2. The van der Waals surface area contributed by atoms with Crippen molar-refractivity contribution in [1.82, 2.24) is 9.97 Å². The maximum atomic E-state index is 12.9. The van der Waals surface area contributed by atoms with Crippen molar-refractivity contribution in [3.63, 3.8) is 0 Å². The summed E-state index contributed by atoms with van der Waals surface area (Å²) in [6, 6.07) is 0.955. The molecule has 21 heavy (non-hydrogen) atoms. The Morgan fingerprint density at radius 1 is 1.33 bits per heavy atom. The Balaban J connectivity index is 2.11. The van der Waals surface area contributed by atoms with E-state index in [4.69, 9.17) is 0 Å². The van der Waals surface area contributed by atoms with Crippen molar-refractivity contribution >= 4 is 35.3 Å². The number of aromatic nitrogens is 2. The number of rotatable bonds is 4. The van der Waals surface area contributed by atoms with Crippen LogP contribution in [0.3, 0.4) is 0 Å². The van der Waals surface area contributed by atoms with Crippen molar-refractivity contribution < 1.29 is 13.2 Å². The number of alkyl halides is 3. The minimum absolute atomic E-state index is 0.0321. The number of hydrogen-bond acceptors (Lipinski definition) is 6. The molecule has 118 valence electrons. The van der Waals surface area contributed by atoms with E-state index in [0.717, 1.165) is 23.3 Å². The van der Waals surface area contributed by atoms with E-state index in [9.17, 15) is 13.2 Å². The summed E-state index contributed by atoms with van der Waals surface area (Å²) in [5.74, 6) is 3.47. The molecule has 0 bridgehead atoms. The Labute approximate surface area is 130 Å². The molecule has 0 aromatic carbocycles. The number of nitrogens with one attached hydrogen (secondary N) is 1. The van der Waals surface area contributed by atoms with Crippen LogP contribution < -0.4 is 10.2 Å². The summed E-state index contributed by atoms with van der Waals surface area (Å²) in [5.41, 5.74) is -0.922. The molecule has 0 saturated carbocycles. The lowest BCUT2D eigenvalue weighted by atomic mass is 10.3. The summed E-state index contributed by atoms with van der Waals surface area (Å²) in [4.78, 5) is 9.24. The highest BCUT2D eigenvalue weighted by molar-refractivity contribution is 8.06. The fourth-order valence-electron chi connectivity index (χ4n) is 1.75. The van der Waals surface area contributed by atoms with Gasteiger partial charge in [-0.15, -0.1) is 0 Å². The summed E-state index contributed by atoms with van der Waals surface area (Å²) >= 11 is 3.69. The molecule has 1 aliphatic heterocycles. The van der Waals surface area contributed by atoms with Crippen LogP contribution in [0.2, 0.25) is 0 Å². The molecular formula is C12H17F3N4S2. The highest BCUT2D eigenvalue weighted by Gasteiger charge is 2.34. The second-order valence-corrected chi connectivity index (χ2v) is 7.33. The van der Waals surface area contributed by atoms with Crippen LogP contribution in [0.4, 0.5) is 24.9 Å². The molecular weight excluding hydrogens is 321 g/mol. The lowest BCUT2D eigenvalue weighted by Gasteiger charge is -2.22. The Morgan fingerprint density at radius 2 is 2.10 bits per heavy atom. The second kappa shape index (κ2) is 6.95. The van der Waals surface area contributed by atoms with Gasteiger partial charge >= 0.3 is 6.18 Å². The first-order chi connectivity index (χ1) is 9.86. The smallest absolute Gasteiger partial charge is 0.363 e. The Hall–Kier alpha value is -0.830. The van der Waals surface area contributed by atoms with Gasteiger partial charge in [-0.05, 0) is 0 Å². The first kappa shape index (κ1) is 16.5. The van der Waals surface area contributed by atoms with E-state index in [2.05, 4.69) is 15.3 Å². The minimum Gasteiger partial charge on any atom is -0.363 e. The summed E-state index contributed by atoms with van der Waals surface area (Å²) < 4.78 is 38.6. The topological polar surface area (TPSA) is 41.1 Å². The van der Waals surface area contributed by atoms with Crippen molar-refractivity contribution in [2.24, 2.45) is 0 Å². The fraction of sp³-hybridized carbons (Fsp3) is 0.667. The average molecular weight is 338 g/mol. The first-order valence-corrected chi connectivity index (χ1v) is 8.63. The van der Waals surface area contributed by atoms with Gasteiger partial charge in [-0.1, -0.05) is 0 Å². The molecule has 1 unspecified atom stereocenters. The number of anilines is 2. The van der Waals surface area contributed by atoms with E-state index in [1.54, 1.807) is 14.1 Å². The lowest BCUT2D eigenvalue weighted by molar-refractivity contribution is -0.141. The van der Waals surface area contributed by atoms with Gasteiger partial charge in [-0.3, -0.25) is 0 Å². The van der Waals surface area contributed by atoms with Crippen molar-refractivity contribution in [1.29, 1.82) is 0 Å². The summed E-state index contributed by atoms with van der Waals surface area (Å²) in [5, 5.41) is 3.32. The molecule has 1 N–H and O–H groups in total. The van der Waals surface area contributed by atoms with Crippen LogP contribution in [0, 0.1) is 0 Å². The molecule has 4 nitrogen and oxygen atoms in total. The van der Waals surface area contributed by atoms with Gasteiger partial charge in [-0.25, -0.2) is 4.98 Å². The second-order valence-electron chi connectivity index (χ2n) is 4.78. The average Bonchev–Trinajstić information content (AvgIpc) is 2.45. The van der Waals surface area contributed by atoms with Crippen molar-refractivity contribution in [2.75, 3.05) is 48.1 Å². The number of thioether (sulfide) groups is 2. The van der Waals surface area contributed by atoms with E-state index in [-0.39, 0.29) is 11.8 Å². The first-order valence-electron chi connectivity index (χ1n) is 6.43. The Bertz CT molecular complexity index is 476. The molecule has 2 rings (SSSR count). The molecule has 1 aliphatic rings. The molecule has 1 saturated heterocycles. The molecule has 1 fully saturated rings. The molecule has 0 aliphatic carbocycles. The van der Waals surface area contributed by atoms with Crippen LogP contribution in [0.5, 0.6) is 0 Å².